The Kier molecular flexibility index (Phi) is 4.63. The molecule has 1 N–H and O–H groups in total. The quantitative estimate of drug-likeness (QED) is 0.876. The lowest BCUT2D eigenvalue weighted by atomic mass is 10.0. The summed E-state index contributed by atoms with van der Waals surface area (Å²) in [4.78, 5) is 14.6. The number of fused-ring (bicyclic) bond motifs is 1. The van der Waals surface area contributed by atoms with Crippen molar-refractivity contribution >= 4 is 29.1 Å². The molecule has 1 aliphatic rings. The molecule has 1 fully saturated rings. The molecule has 3 rings (SSSR count). The molecule has 0 spiro atoms. The van der Waals surface area contributed by atoms with Gasteiger partial charge in [0.05, 0.1) is 0 Å². The monoisotopic (exact) mass is 290 g/mol. The molecular weight excluding hydrogens is 272 g/mol. The molecule has 0 unspecified atom stereocenters. The van der Waals surface area contributed by atoms with Gasteiger partial charge in [0.15, 0.2) is 0 Å². The zero-order valence-corrected chi connectivity index (χ0v) is 12.3. The molecule has 0 aliphatic carbocycles. The van der Waals surface area contributed by atoms with Crippen molar-refractivity contribution in [3.8, 4) is 0 Å². The molecule has 2 aromatic carbocycles. The highest BCUT2D eigenvalue weighted by molar-refractivity contribution is 6.07. The predicted octanol–water partition coefficient (Wildman–Crippen LogP) is 2.70. The van der Waals surface area contributed by atoms with Crippen molar-refractivity contribution in [3.63, 3.8) is 0 Å². The molecule has 1 atom stereocenters. The number of halogens is 1. The largest absolute Gasteiger partial charge is 0.336 e. The number of hydrogen-bond donors (Lipinski definition) is 1. The second-order valence-electron chi connectivity index (χ2n) is 5.13. The number of carbonyl (C=O) groups is 1. The van der Waals surface area contributed by atoms with Crippen molar-refractivity contribution in [2.45, 2.75) is 13.0 Å². The molecule has 1 aliphatic heterocycles. The van der Waals surface area contributed by atoms with Crippen molar-refractivity contribution < 1.29 is 4.79 Å². The van der Waals surface area contributed by atoms with Crippen molar-refractivity contribution in [3.05, 3.63) is 48.0 Å². The van der Waals surface area contributed by atoms with Crippen LogP contribution < -0.4 is 5.32 Å². The fourth-order valence-electron chi connectivity index (χ4n) is 2.70. The zero-order valence-electron chi connectivity index (χ0n) is 11.5. The number of nitrogens with one attached hydrogen (secondary N) is 1. The van der Waals surface area contributed by atoms with Gasteiger partial charge in [0.25, 0.3) is 5.91 Å². The maximum Gasteiger partial charge on any atom is 0.254 e. The highest BCUT2D eigenvalue weighted by atomic mass is 35.5. The predicted molar refractivity (Wildman–Crippen MR) is 84.6 cm³/mol. The molecule has 2 aromatic rings. The molecule has 1 heterocycles. The van der Waals surface area contributed by atoms with Gasteiger partial charge in [0.2, 0.25) is 0 Å². The van der Waals surface area contributed by atoms with Gasteiger partial charge in [-0.15, -0.1) is 12.4 Å². The number of carbonyl (C=O) groups excluding carboxylic acids is 1. The summed E-state index contributed by atoms with van der Waals surface area (Å²) in [6.45, 7) is 4.55. The summed E-state index contributed by atoms with van der Waals surface area (Å²) in [5.41, 5.74) is 0.812. The topological polar surface area (TPSA) is 32.3 Å². The van der Waals surface area contributed by atoms with Gasteiger partial charge in [-0.25, -0.2) is 0 Å². The van der Waals surface area contributed by atoms with Crippen molar-refractivity contribution in [2.75, 3.05) is 19.6 Å². The van der Waals surface area contributed by atoms with Crippen LogP contribution in [0, 0.1) is 0 Å². The number of amides is 1. The van der Waals surface area contributed by atoms with Crippen LogP contribution in [-0.2, 0) is 0 Å². The number of benzene rings is 2. The summed E-state index contributed by atoms with van der Waals surface area (Å²) >= 11 is 0. The van der Waals surface area contributed by atoms with Gasteiger partial charge in [0, 0.05) is 31.2 Å². The number of hydrogen-bond acceptors (Lipinski definition) is 2. The first kappa shape index (κ1) is 14.8. The average molecular weight is 291 g/mol. The minimum absolute atomic E-state index is 0. The molecule has 0 bridgehead atoms. The molecule has 3 nitrogen and oxygen atoms in total. The lowest BCUT2D eigenvalue weighted by Gasteiger charge is -2.32. The summed E-state index contributed by atoms with van der Waals surface area (Å²) < 4.78 is 0. The van der Waals surface area contributed by atoms with Crippen LogP contribution in [-0.4, -0.2) is 36.5 Å². The van der Waals surface area contributed by atoms with Crippen LogP contribution >= 0.6 is 12.4 Å². The van der Waals surface area contributed by atoms with Gasteiger partial charge in [-0.05, 0) is 23.8 Å². The van der Waals surface area contributed by atoms with E-state index in [4.69, 9.17) is 0 Å². The van der Waals surface area contributed by atoms with E-state index in [1.807, 2.05) is 47.4 Å². The summed E-state index contributed by atoms with van der Waals surface area (Å²) in [6.07, 6.45) is 0. The number of piperazine rings is 1. The lowest BCUT2D eigenvalue weighted by Crippen LogP contribution is -2.51. The first-order valence-corrected chi connectivity index (χ1v) is 6.76. The van der Waals surface area contributed by atoms with E-state index in [0.717, 1.165) is 36.0 Å². The average Bonchev–Trinajstić information content (AvgIpc) is 2.46. The van der Waals surface area contributed by atoms with Gasteiger partial charge in [-0.1, -0.05) is 36.4 Å². The summed E-state index contributed by atoms with van der Waals surface area (Å²) in [5, 5.41) is 5.53. The van der Waals surface area contributed by atoms with Crippen LogP contribution in [0.5, 0.6) is 0 Å². The Morgan fingerprint density at radius 3 is 2.75 bits per heavy atom. The molecule has 106 valence electrons. The third kappa shape index (κ3) is 2.79. The van der Waals surface area contributed by atoms with Crippen molar-refractivity contribution in [1.29, 1.82) is 0 Å². The fourth-order valence-corrected chi connectivity index (χ4v) is 2.70. The van der Waals surface area contributed by atoms with E-state index in [1.54, 1.807) is 0 Å². The lowest BCUT2D eigenvalue weighted by molar-refractivity contribution is 0.0711. The first-order valence-electron chi connectivity index (χ1n) is 6.76. The Balaban J connectivity index is 0.00000147. The maximum atomic E-state index is 12.7. The van der Waals surface area contributed by atoms with E-state index in [1.165, 1.54) is 0 Å². The normalized spacial score (nSPS) is 18.6. The molecular formula is C16H19ClN2O. The highest BCUT2D eigenvalue weighted by Crippen LogP contribution is 2.20. The maximum absolute atomic E-state index is 12.7. The first-order chi connectivity index (χ1) is 9.25. The van der Waals surface area contributed by atoms with Crippen LogP contribution in [0.1, 0.15) is 17.3 Å². The standard InChI is InChI=1S/C16H18N2O.ClH/c1-12-11-18(10-9-17-12)16(19)15-8-4-6-13-5-2-3-7-14(13)15;/h2-8,12,17H,9-11H2,1H3;1H/t12-;/m1./s1. The highest BCUT2D eigenvalue weighted by Gasteiger charge is 2.22. The Labute approximate surface area is 125 Å². The van der Waals surface area contributed by atoms with Gasteiger partial charge < -0.3 is 10.2 Å². The van der Waals surface area contributed by atoms with Gasteiger partial charge in [-0.2, -0.15) is 0 Å². The minimum atomic E-state index is 0. The van der Waals surface area contributed by atoms with Crippen LogP contribution in [0.4, 0.5) is 0 Å². The second-order valence-corrected chi connectivity index (χ2v) is 5.13. The number of nitrogens with zero attached hydrogens (tertiary/aromatic N) is 1. The van der Waals surface area contributed by atoms with E-state index in [9.17, 15) is 4.79 Å². The molecule has 0 aromatic heterocycles. The third-order valence-corrected chi connectivity index (χ3v) is 3.68. The van der Waals surface area contributed by atoms with Crippen molar-refractivity contribution in [1.82, 2.24) is 10.2 Å². The van der Waals surface area contributed by atoms with Gasteiger partial charge in [-0.3, -0.25) is 4.79 Å². The van der Waals surface area contributed by atoms with Crippen LogP contribution in [0.25, 0.3) is 10.8 Å². The van der Waals surface area contributed by atoms with Crippen molar-refractivity contribution in [2.24, 2.45) is 0 Å². The zero-order chi connectivity index (χ0) is 13.2. The second kappa shape index (κ2) is 6.25. The van der Waals surface area contributed by atoms with Crippen LogP contribution in [0.3, 0.4) is 0 Å². The molecule has 1 saturated heterocycles. The van der Waals surface area contributed by atoms with E-state index < -0.39 is 0 Å². The van der Waals surface area contributed by atoms with Gasteiger partial charge >= 0.3 is 0 Å². The van der Waals surface area contributed by atoms with E-state index in [0.29, 0.717) is 6.04 Å². The smallest absolute Gasteiger partial charge is 0.254 e. The SMILES string of the molecule is C[C@@H]1CN(C(=O)c2cccc3ccccc23)CCN1.Cl. The Morgan fingerprint density at radius 1 is 1.20 bits per heavy atom. The summed E-state index contributed by atoms with van der Waals surface area (Å²) in [6, 6.07) is 14.4. The molecule has 20 heavy (non-hydrogen) atoms. The van der Waals surface area contributed by atoms with Gasteiger partial charge in [0.1, 0.15) is 0 Å². The van der Waals surface area contributed by atoms with E-state index >= 15 is 0 Å². The summed E-state index contributed by atoms with van der Waals surface area (Å²) in [5.74, 6) is 0.144. The number of rotatable bonds is 1. The fraction of sp³-hybridized carbons (Fsp3) is 0.312. The third-order valence-electron chi connectivity index (χ3n) is 3.68. The van der Waals surface area contributed by atoms with E-state index in [2.05, 4.69) is 12.2 Å². The molecule has 1 amide bonds. The van der Waals surface area contributed by atoms with Crippen LogP contribution in [0.2, 0.25) is 0 Å². The molecule has 4 heteroatoms. The molecule has 0 radical (unpaired) electrons. The van der Waals surface area contributed by atoms with Crippen LogP contribution in [0.15, 0.2) is 42.5 Å². The Bertz CT molecular complexity index is 609. The Morgan fingerprint density at radius 2 is 1.95 bits per heavy atom. The van der Waals surface area contributed by atoms with E-state index in [-0.39, 0.29) is 18.3 Å². The molecule has 0 saturated carbocycles. The minimum Gasteiger partial charge on any atom is -0.336 e. The summed E-state index contributed by atoms with van der Waals surface area (Å²) in [7, 11) is 0. The Hall–Kier alpha value is -1.58.